The van der Waals surface area contributed by atoms with E-state index in [-0.39, 0.29) is 5.54 Å². The summed E-state index contributed by atoms with van der Waals surface area (Å²) < 4.78 is 5.23. The zero-order valence-corrected chi connectivity index (χ0v) is 11.2. The third-order valence-electron chi connectivity index (χ3n) is 3.85. The van der Waals surface area contributed by atoms with Crippen LogP contribution in [0.4, 0.5) is 11.6 Å². The molecular formula is C12H21N5O. The van der Waals surface area contributed by atoms with Gasteiger partial charge >= 0.3 is 0 Å². The molecule has 0 unspecified atom stereocenters. The standard InChI is InChI=1S/C12H21N5O/c1-17(2)12(5-4-6-12)7-14-11-9(18-3)10(13)15-8-16-11/h8H,4-7H2,1-3H3,(H3,13,14,15,16). The first kappa shape index (κ1) is 12.9. The maximum absolute atomic E-state index is 5.75. The summed E-state index contributed by atoms with van der Waals surface area (Å²) in [6, 6.07) is 0. The second-order valence-electron chi connectivity index (χ2n) is 4.97. The van der Waals surface area contributed by atoms with E-state index in [1.165, 1.54) is 25.6 Å². The minimum Gasteiger partial charge on any atom is -0.490 e. The second-order valence-corrected chi connectivity index (χ2v) is 4.97. The molecule has 0 spiro atoms. The summed E-state index contributed by atoms with van der Waals surface area (Å²) in [7, 11) is 5.81. The fourth-order valence-electron chi connectivity index (χ4n) is 2.33. The number of nitrogens with two attached hydrogens (primary N) is 1. The van der Waals surface area contributed by atoms with E-state index in [4.69, 9.17) is 10.5 Å². The van der Waals surface area contributed by atoms with Gasteiger partial charge in [0.1, 0.15) is 6.33 Å². The largest absolute Gasteiger partial charge is 0.490 e. The van der Waals surface area contributed by atoms with Crippen molar-refractivity contribution in [1.29, 1.82) is 0 Å². The van der Waals surface area contributed by atoms with E-state index >= 15 is 0 Å². The summed E-state index contributed by atoms with van der Waals surface area (Å²) in [6.07, 6.45) is 5.14. The summed E-state index contributed by atoms with van der Waals surface area (Å²) in [5.74, 6) is 1.55. The molecule has 0 saturated heterocycles. The lowest BCUT2D eigenvalue weighted by Gasteiger charge is -2.47. The smallest absolute Gasteiger partial charge is 0.203 e. The maximum Gasteiger partial charge on any atom is 0.203 e. The van der Waals surface area contributed by atoms with Crippen molar-refractivity contribution in [2.75, 3.05) is 38.8 Å². The van der Waals surface area contributed by atoms with E-state index in [1.54, 1.807) is 7.11 Å². The first-order valence-corrected chi connectivity index (χ1v) is 6.15. The van der Waals surface area contributed by atoms with Crippen LogP contribution in [-0.2, 0) is 0 Å². The molecule has 1 saturated carbocycles. The van der Waals surface area contributed by atoms with Crippen LogP contribution < -0.4 is 15.8 Å². The lowest BCUT2D eigenvalue weighted by Crippen LogP contribution is -2.54. The Morgan fingerprint density at radius 3 is 2.67 bits per heavy atom. The molecule has 0 atom stereocenters. The van der Waals surface area contributed by atoms with Gasteiger partial charge in [-0.1, -0.05) is 0 Å². The number of hydrogen-bond donors (Lipinski definition) is 2. The number of nitrogens with zero attached hydrogens (tertiary/aromatic N) is 3. The monoisotopic (exact) mass is 251 g/mol. The van der Waals surface area contributed by atoms with Crippen LogP contribution in [0.25, 0.3) is 0 Å². The van der Waals surface area contributed by atoms with E-state index in [2.05, 4.69) is 34.3 Å². The molecule has 0 aromatic carbocycles. The van der Waals surface area contributed by atoms with E-state index in [1.807, 2.05) is 0 Å². The van der Waals surface area contributed by atoms with Crippen LogP contribution in [0.2, 0.25) is 0 Å². The highest BCUT2D eigenvalue weighted by molar-refractivity contribution is 5.61. The molecule has 0 amide bonds. The minimum absolute atomic E-state index is 0.227. The Morgan fingerprint density at radius 1 is 1.44 bits per heavy atom. The Balaban J connectivity index is 2.08. The van der Waals surface area contributed by atoms with Gasteiger partial charge in [-0.15, -0.1) is 0 Å². The quantitative estimate of drug-likeness (QED) is 0.812. The third kappa shape index (κ3) is 2.20. The van der Waals surface area contributed by atoms with Crippen LogP contribution in [0, 0.1) is 0 Å². The molecule has 18 heavy (non-hydrogen) atoms. The molecule has 1 aromatic rings. The highest BCUT2D eigenvalue weighted by atomic mass is 16.5. The highest BCUT2D eigenvalue weighted by Gasteiger charge is 2.39. The van der Waals surface area contributed by atoms with Crippen LogP contribution in [0.5, 0.6) is 5.75 Å². The van der Waals surface area contributed by atoms with Crippen molar-refractivity contribution >= 4 is 11.6 Å². The number of nitrogens with one attached hydrogen (secondary N) is 1. The molecule has 100 valence electrons. The maximum atomic E-state index is 5.75. The number of nitrogen functional groups attached to an aromatic ring is 1. The number of anilines is 2. The van der Waals surface area contributed by atoms with Crippen molar-refractivity contribution in [3.8, 4) is 5.75 Å². The van der Waals surface area contributed by atoms with Crippen molar-refractivity contribution in [2.45, 2.75) is 24.8 Å². The van der Waals surface area contributed by atoms with Crippen molar-refractivity contribution < 1.29 is 4.74 Å². The van der Waals surface area contributed by atoms with Crippen molar-refractivity contribution in [3.63, 3.8) is 0 Å². The zero-order valence-electron chi connectivity index (χ0n) is 11.2. The van der Waals surface area contributed by atoms with Gasteiger partial charge in [-0.2, -0.15) is 0 Å². The Labute approximate surface area is 108 Å². The lowest BCUT2D eigenvalue weighted by atomic mass is 9.75. The summed E-state index contributed by atoms with van der Waals surface area (Å²) in [5, 5.41) is 3.33. The van der Waals surface area contributed by atoms with E-state index in [0.717, 1.165) is 6.54 Å². The van der Waals surface area contributed by atoms with Crippen LogP contribution in [0.15, 0.2) is 6.33 Å². The molecule has 0 aliphatic heterocycles. The van der Waals surface area contributed by atoms with E-state index < -0.39 is 0 Å². The molecular weight excluding hydrogens is 230 g/mol. The molecule has 1 heterocycles. The summed E-state index contributed by atoms with van der Waals surface area (Å²) >= 11 is 0. The molecule has 1 aromatic heterocycles. The van der Waals surface area contributed by atoms with Crippen molar-refractivity contribution in [2.24, 2.45) is 0 Å². The molecule has 6 heteroatoms. The van der Waals surface area contributed by atoms with Gasteiger partial charge < -0.3 is 20.7 Å². The van der Waals surface area contributed by atoms with Crippen LogP contribution in [0.3, 0.4) is 0 Å². The summed E-state index contributed by atoms with van der Waals surface area (Å²) in [4.78, 5) is 10.4. The number of likely N-dealkylation sites (N-methyl/N-ethyl adjacent to an activating group) is 1. The molecule has 1 aliphatic rings. The Morgan fingerprint density at radius 2 is 2.17 bits per heavy atom. The fraction of sp³-hybridized carbons (Fsp3) is 0.667. The van der Waals surface area contributed by atoms with Gasteiger partial charge in [0.05, 0.1) is 7.11 Å². The molecule has 1 fully saturated rings. The number of rotatable bonds is 5. The molecule has 3 N–H and O–H groups in total. The van der Waals surface area contributed by atoms with Gasteiger partial charge in [0.2, 0.25) is 5.75 Å². The predicted molar refractivity (Wildman–Crippen MR) is 71.8 cm³/mol. The normalized spacial score (nSPS) is 17.3. The van der Waals surface area contributed by atoms with Gasteiger partial charge in [-0.05, 0) is 33.4 Å². The average molecular weight is 251 g/mol. The molecule has 0 radical (unpaired) electrons. The summed E-state index contributed by atoms with van der Waals surface area (Å²) in [5.41, 5.74) is 5.98. The number of aromatic nitrogens is 2. The predicted octanol–water partition coefficient (Wildman–Crippen LogP) is 0.964. The van der Waals surface area contributed by atoms with Crippen LogP contribution in [0.1, 0.15) is 19.3 Å². The molecule has 1 aliphatic carbocycles. The molecule has 2 rings (SSSR count). The number of methoxy groups -OCH3 is 1. The van der Waals surface area contributed by atoms with Crippen molar-refractivity contribution in [1.82, 2.24) is 14.9 Å². The second kappa shape index (κ2) is 4.97. The Kier molecular flexibility index (Phi) is 3.56. The first-order chi connectivity index (χ1) is 8.59. The zero-order chi connectivity index (χ0) is 13.2. The number of hydrogen-bond acceptors (Lipinski definition) is 6. The minimum atomic E-state index is 0.227. The van der Waals surface area contributed by atoms with Crippen molar-refractivity contribution in [3.05, 3.63) is 6.33 Å². The number of ether oxygens (including phenoxy) is 1. The average Bonchev–Trinajstić information content (AvgIpc) is 2.27. The lowest BCUT2D eigenvalue weighted by molar-refractivity contribution is 0.0738. The van der Waals surface area contributed by atoms with Gasteiger partial charge in [0.25, 0.3) is 0 Å². The highest BCUT2D eigenvalue weighted by Crippen LogP contribution is 2.37. The van der Waals surface area contributed by atoms with Crippen LogP contribution in [-0.4, -0.2) is 48.2 Å². The molecule has 0 bridgehead atoms. The van der Waals surface area contributed by atoms with Gasteiger partial charge in [-0.3, -0.25) is 0 Å². The van der Waals surface area contributed by atoms with Gasteiger partial charge in [0.15, 0.2) is 11.6 Å². The van der Waals surface area contributed by atoms with Gasteiger partial charge in [-0.25, -0.2) is 9.97 Å². The van der Waals surface area contributed by atoms with E-state index in [9.17, 15) is 0 Å². The fourth-order valence-corrected chi connectivity index (χ4v) is 2.33. The first-order valence-electron chi connectivity index (χ1n) is 6.15. The van der Waals surface area contributed by atoms with Crippen LogP contribution >= 0.6 is 0 Å². The topological polar surface area (TPSA) is 76.3 Å². The van der Waals surface area contributed by atoms with E-state index in [0.29, 0.717) is 17.4 Å². The SMILES string of the molecule is COc1c(N)ncnc1NCC1(N(C)C)CCC1. The Bertz CT molecular complexity index is 417. The Hall–Kier alpha value is -1.56. The third-order valence-corrected chi connectivity index (χ3v) is 3.85. The summed E-state index contributed by atoms with van der Waals surface area (Å²) in [6.45, 7) is 0.840. The van der Waals surface area contributed by atoms with Gasteiger partial charge in [0, 0.05) is 12.1 Å². The molecule has 6 nitrogen and oxygen atoms in total.